The zero-order valence-electron chi connectivity index (χ0n) is 11.4. The SMILES string of the molecule is CC(C)CNCCN1CCSC(C)(C)CC1. The van der Waals surface area contributed by atoms with Crippen LogP contribution in [0, 0.1) is 5.92 Å². The lowest BCUT2D eigenvalue weighted by atomic mass is 10.1. The van der Waals surface area contributed by atoms with Crippen LogP contribution in [0.15, 0.2) is 0 Å². The summed E-state index contributed by atoms with van der Waals surface area (Å²) in [6.45, 7) is 15.3. The van der Waals surface area contributed by atoms with Crippen molar-refractivity contribution in [3.8, 4) is 0 Å². The lowest BCUT2D eigenvalue weighted by molar-refractivity contribution is 0.282. The largest absolute Gasteiger partial charge is 0.315 e. The van der Waals surface area contributed by atoms with Gasteiger partial charge in [0.05, 0.1) is 0 Å². The Morgan fingerprint density at radius 1 is 1.31 bits per heavy atom. The number of rotatable bonds is 5. The first kappa shape index (κ1) is 14.3. The number of nitrogens with one attached hydrogen (secondary N) is 1. The molecule has 1 aliphatic rings. The molecule has 0 atom stereocenters. The van der Waals surface area contributed by atoms with Crippen LogP contribution in [0.5, 0.6) is 0 Å². The monoisotopic (exact) mass is 244 g/mol. The first-order chi connectivity index (χ1) is 7.49. The molecule has 0 aromatic rings. The van der Waals surface area contributed by atoms with Crippen molar-refractivity contribution >= 4 is 11.8 Å². The van der Waals surface area contributed by atoms with Gasteiger partial charge in [0.2, 0.25) is 0 Å². The van der Waals surface area contributed by atoms with Gasteiger partial charge in [-0.2, -0.15) is 11.8 Å². The Balaban J connectivity index is 2.13. The summed E-state index contributed by atoms with van der Waals surface area (Å²) in [7, 11) is 0. The van der Waals surface area contributed by atoms with E-state index in [0.717, 1.165) is 19.0 Å². The van der Waals surface area contributed by atoms with E-state index < -0.39 is 0 Å². The van der Waals surface area contributed by atoms with Crippen LogP contribution in [0.2, 0.25) is 0 Å². The molecule has 0 aromatic heterocycles. The third kappa shape index (κ3) is 6.12. The number of thioether (sulfide) groups is 1. The molecule has 1 rings (SSSR count). The average molecular weight is 244 g/mol. The normalized spacial score (nSPS) is 22.3. The first-order valence-electron chi connectivity index (χ1n) is 6.57. The van der Waals surface area contributed by atoms with Gasteiger partial charge in [0.15, 0.2) is 0 Å². The minimum absolute atomic E-state index is 0.486. The van der Waals surface area contributed by atoms with E-state index in [0.29, 0.717) is 4.75 Å². The van der Waals surface area contributed by atoms with E-state index in [1.165, 1.54) is 31.8 Å². The quantitative estimate of drug-likeness (QED) is 0.748. The fraction of sp³-hybridized carbons (Fsp3) is 1.00. The zero-order valence-corrected chi connectivity index (χ0v) is 12.2. The highest BCUT2D eigenvalue weighted by atomic mass is 32.2. The van der Waals surface area contributed by atoms with Crippen LogP contribution in [-0.2, 0) is 0 Å². The van der Waals surface area contributed by atoms with Gasteiger partial charge in [-0.3, -0.25) is 0 Å². The molecule has 0 radical (unpaired) electrons. The highest BCUT2D eigenvalue weighted by molar-refractivity contribution is 8.00. The Bertz CT molecular complexity index is 192. The molecule has 16 heavy (non-hydrogen) atoms. The molecule has 0 saturated carbocycles. The summed E-state index contributed by atoms with van der Waals surface area (Å²) >= 11 is 2.13. The van der Waals surface area contributed by atoms with E-state index in [4.69, 9.17) is 0 Å². The summed E-state index contributed by atoms with van der Waals surface area (Å²) in [5.74, 6) is 2.05. The van der Waals surface area contributed by atoms with E-state index in [9.17, 15) is 0 Å². The molecule has 0 aromatic carbocycles. The Morgan fingerprint density at radius 3 is 2.75 bits per heavy atom. The molecular formula is C13H28N2S. The van der Waals surface area contributed by atoms with Gasteiger partial charge in [0, 0.05) is 30.1 Å². The molecule has 1 aliphatic heterocycles. The lowest BCUT2D eigenvalue weighted by Gasteiger charge is -2.22. The average Bonchev–Trinajstić information content (AvgIpc) is 2.34. The van der Waals surface area contributed by atoms with Crippen molar-refractivity contribution in [1.82, 2.24) is 10.2 Å². The standard InChI is InChI=1S/C13H28N2S/c1-12(2)11-14-6-8-15-7-5-13(3,4)16-10-9-15/h12,14H,5-11H2,1-4H3. The molecule has 1 N–H and O–H groups in total. The summed E-state index contributed by atoms with van der Waals surface area (Å²) in [5.41, 5.74) is 0. The topological polar surface area (TPSA) is 15.3 Å². The Hall–Kier alpha value is 0.270. The summed E-state index contributed by atoms with van der Waals surface area (Å²) < 4.78 is 0.486. The van der Waals surface area contributed by atoms with Crippen LogP contribution in [0.25, 0.3) is 0 Å². The first-order valence-corrected chi connectivity index (χ1v) is 7.55. The minimum atomic E-state index is 0.486. The van der Waals surface area contributed by atoms with Crippen molar-refractivity contribution in [2.24, 2.45) is 5.92 Å². The van der Waals surface area contributed by atoms with E-state index in [2.05, 4.69) is 49.7 Å². The number of hydrogen-bond donors (Lipinski definition) is 1. The summed E-state index contributed by atoms with van der Waals surface area (Å²) in [5, 5.41) is 3.52. The molecular weight excluding hydrogens is 216 g/mol. The molecule has 1 heterocycles. The summed E-state index contributed by atoms with van der Waals surface area (Å²) in [6.07, 6.45) is 1.32. The van der Waals surface area contributed by atoms with Crippen molar-refractivity contribution in [1.29, 1.82) is 0 Å². The van der Waals surface area contributed by atoms with E-state index >= 15 is 0 Å². The third-order valence-electron chi connectivity index (χ3n) is 3.09. The molecule has 0 aliphatic carbocycles. The summed E-state index contributed by atoms with van der Waals surface area (Å²) in [6, 6.07) is 0. The van der Waals surface area contributed by atoms with Crippen molar-refractivity contribution < 1.29 is 0 Å². The van der Waals surface area contributed by atoms with Crippen LogP contribution in [0.3, 0.4) is 0 Å². The van der Waals surface area contributed by atoms with Gasteiger partial charge >= 0.3 is 0 Å². The van der Waals surface area contributed by atoms with Crippen molar-refractivity contribution in [2.75, 3.05) is 38.5 Å². The molecule has 0 bridgehead atoms. The minimum Gasteiger partial charge on any atom is -0.315 e. The van der Waals surface area contributed by atoms with Gasteiger partial charge in [-0.25, -0.2) is 0 Å². The van der Waals surface area contributed by atoms with Crippen LogP contribution in [0.4, 0.5) is 0 Å². The van der Waals surface area contributed by atoms with Gasteiger partial charge in [0.1, 0.15) is 0 Å². The molecule has 3 heteroatoms. The molecule has 0 unspecified atom stereocenters. The molecule has 0 amide bonds. The second-order valence-electron chi connectivity index (χ2n) is 5.80. The van der Waals surface area contributed by atoms with Crippen molar-refractivity contribution in [3.05, 3.63) is 0 Å². The maximum absolute atomic E-state index is 3.52. The van der Waals surface area contributed by atoms with Gasteiger partial charge < -0.3 is 10.2 Å². The van der Waals surface area contributed by atoms with Gasteiger partial charge in [0.25, 0.3) is 0 Å². The van der Waals surface area contributed by atoms with E-state index in [1.54, 1.807) is 0 Å². The Morgan fingerprint density at radius 2 is 2.06 bits per heavy atom. The zero-order chi connectivity index (χ0) is 12.0. The third-order valence-corrected chi connectivity index (χ3v) is 4.46. The van der Waals surface area contributed by atoms with Crippen LogP contribution in [0.1, 0.15) is 34.1 Å². The second-order valence-corrected chi connectivity index (χ2v) is 7.60. The second kappa shape index (κ2) is 6.87. The maximum Gasteiger partial charge on any atom is 0.0116 e. The molecule has 96 valence electrons. The maximum atomic E-state index is 3.52. The smallest absolute Gasteiger partial charge is 0.0116 e. The predicted octanol–water partition coefficient (Wildman–Crippen LogP) is 2.45. The van der Waals surface area contributed by atoms with Crippen LogP contribution in [-0.4, -0.2) is 48.1 Å². The van der Waals surface area contributed by atoms with Crippen LogP contribution >= 0.6 is 11.8 Å². The summed E-state index contributed by atoms with van der Waals surface area (Å²) in [4.78, 5) is 2.61. The van der Waals surface area contributed by atoms with Gasteiger partial charge in [-0.05, 0) is 25.4 Å². The fourth-order valence-electron chi connectivity index (χ4n) is 1.91. The molecule has 0 spiro atoms. The Labute approximate surface area is 106 Å². The fourth-order valence-corrected chi connectivity index (χ4v) is 3.05. The van der Waals surface area contributed by atoms with Crippen molar-refractivity contribution in [3.63, 3.8) is 0 Å². The molecule has 1 saturated heterocycles. The number of hydrogen-bond acceptors (Lipinski definition) is 3. The van der Waals surface area contributed by atoms with Crippen LogP contribution < -0.4 is 5.32 Å². The Kier molecular flexibility index (Phi) is 6.16. The molecule has 2 nitrogen and oxygen atoms in total. The highest BCUT2D eigenvalue weighted by Gasteiger charge is 2.23. The predicted molar refractivity (Wildman–Crippen MR) is 75.3 cm³/mol. The lowest BCUT2D eigenvalue weighted by Crippen LogP contribution is -2.35. The van der Waals surface area contributed by atoms with Crippen molar-refractivity contribution in [2.45, 2.75) is 38.9 Å². The van der Waals surface area contributed by atoms with Gasteiger partial charge in [-0.1, -0.05) is 27.7 Å². The highest BCUT2D eigenvalue weighted by Crippen LogP contribution is 2.30. The van der Waals surface area contributed by atoms with Gasteiger partial charge in [-0.15, -0.1) is 0 Å². The van der Waals surface area contributed by atoms with E-state index in [1.807, 2.05) is 0 Å². The van der Waals surface area contributed by atoms with E-state index in [-0.39, 0.29) is 0 Å². The number of nitrogens with zero attached hydrogens (tertiary/aromatic N) is 1. The molecule has 1 fully saturated rings.